The van der Waals surface area contributed by atoms with Crippen LogP contribution in [-0.2, 0) is 9.53 Å². The standard InChI is InChI=1S/C7H9NO3/c1-4-6(9)7(10,3-8)5(2)11-4/h4-5,10H,1-2H3. The van der Waals surface area contributed by atoms with Crippen LogP contribution in [0.15, 0.2) is 0 Å². The van der Waals surface area contributed by atoms with Crippen molar-refractivity contribution >= 4 is 5.78 Å². The number of hydrogen-bond acceptors (Lipinski definition) is 4. The van der Waals surface area contributed by atoms with Gasteiger partial charge in [0.25, 0.3) is 0 Å². The molecule has 0 aliphatic carbocycles. The maximum Gasteiger partial charge on any atom is 0.238 e. The number of nitriles is 1. The minimum Gasteiger partial charge on any atom is -0.367 e. The molecule has 3 unspecified atom stereocenters. The Morgan fingerprint density at radius 1 is 1.73 bits per heavy atom. The highest BCUT2D eigenvalue weighted by Crippen LogP contribution is 2.25. The Labute approximate surface area is 64.4 Å². The molecule has 1 fully saturated rings. The molecule has 4 heteroatoms. The fourth-order valence-corrected chi connectivity index (χ4v) is 1.12. The van der Waals surface area contributed by atoms with Gasteiger partial charge in [-0.05, 0) is 13.8 Å². The van der Waals surface area contributed by atoms with Crippen LogP contribution in [0.4, 0.5) is 0 Å². The van der Waals surface area contributed by atoms with Crippen LogP contribution in [0.1, 0.15) is 13.8 Å². The molecule has 4 nitrogen and oxygen atoms in total. The maximum atomic E-state index is 11.1. The molecular weight excluding hydrogens is 146 g/mol. The van der Waals surface area contributed by atoms with Gasteiger partial charge in [0.05, 0.1) is 0 Å². The van der Waals surface area contributed by atoms with Gasteiger partial charge >= 0.3 is 0 Å². The average Bonchev–Trinajstić information content (AvgIpc) is 2.16. The fourth-order valence-electron chi connectivity index (χ4n) is 1.12. The summed E-state index contributed by atoms with van der Waals surface area (Å²) in [7, 11) is 0. The molecule has 1 N–H and O–H groups in total. The number of Topliss-reactive ketones (excluding diaryl/α,β-unsaturated/α-hetero) is 1. The summed E-state index contributed by atoms with van der Waals surface area (Å²) >= 11 is 0. The summed E-state index contributed by atoms with van der Waals surface area (Å²) in [4.78, 5) is 11.1. The van der Waals surface area contributed by atoms with Gasteiger partial charge in [-0.15, -0.1) is 0 Å². The number of rotatable bonds is 0. The van der Waals surface area contributed by atoms with Crippen LogP contribution in [0.2, 0.25) is 0 Å². The van der Waals surface area contributed by atoms with Crippen LogP contribution in [0.25, 0.3) is 0 Å². The van der Waals surface area contributed by atoms with Crippen molar-refractivity contribution in [1.82, 2.24) is 0 Å². The van der Waals surface area contributed by atoms with Crippen LogP contribution < -0.4 is 0 Å². The zero-order valence-electron chi connectivity index (χ0n) is 6.37. The predicted molar refractivity (Wildman–Crippen MR) is 35.6 cm³/mol. The summed E-state index contributed by atoms with van der Waals surface area (Å²) < 4.78 is 4.96. The minimum absolute atomic E-state index is 0.549. The topological polar surface area (TPSA) is 70.3 Å². The molecule has 0 amide bonds. The number of aliphatic hydroxyl groups is 1. The molecule has 0 aromatic rings. The second-order valence-corrected chi connectivity index (χ2v) is 2.66. The van der Waals surface area contributed by atoms with Crippen molar-refractivity contribution in [2.75, 3.05) is 0 Å². The van der Waals surface area contributed by atoms with Crippen LogP contribution >= 0.6 is 0 Å². The number of ether oxygens (including phenoxy) is 1. The molecule has 60 valence electrons. The smallest absolute Gasteiger partial charge is 0.238 e. The third kappa shape index (κ3) is 0.934. The second kappa shape index (κ2) is 2.29. The highest BCUT2D eigenvalue weighted by molar-refractivity contribution is 5.95. The molecule has 0 bridgehead atoms. The molecule has 0 aromatic carbocycles. The molecule has 0 saturated carbocycles. The third-order valence-electron chi connectivity index (χ3n) is 1.91. The summed E-state index contributed by atoms with van der Waals surface area (Å²) in [6.07, 6.45) is -1.40. The van der Waals surface area contributed by atoms with Gasteiger partial charge in [-0.2, -0.15) is 5.26 Å². The summed E-state index contributed by atoms with van der Waals surface area (Å²) in [5.74, 6) is -0.549. The first-order chi connectivity index (χ1) is 5.02. The van der Waals surface area contributed by atoms with Crippen molar-refractivity contribution in [3.05, 3.63) is 0 Å². The van der Waals surface area contributed by atoms with Crippen molar-refractivity contribution in [3.8, 4) is 6.07 Å². The lowest BCUT2D eigenvalue weighted by molar-refractivity contribution is -0.130. The van der Waals surface area contributed by atoms with Gasteiger partial charge < -0.3 is 9.84 Å². The molecule has 1 rings (SSSR count). The average molecular weight is 155 g/mol. The largest absolute Gasteiger partial charge is 0.367 e. The number of hydrogen-bond donors (Lipinski definition) is 1. The highest BCUT2D eigenvalue weighted by Gasteiger charge is 2.52. The first kappa shape index (κ1) is 8.18. The van der Waals surface area contributed by atoms with E-state index < -0.39 is 23.6 Å². The van der Waals surface area contributed by atoms with Crippen molar-refractivity contribution < 1.29 is 14.6 Å². The molecule has 3 atom stereocenters. The van der Waals surface area contributed by atoms with Gasteiger partial charge in [-0.1, -0.05) is 0 Å². The second-order valence-electron chi connectivity index (χ2n) is 2.66. The minimum atomic E-state index is -1.93. The van der Waals surface area contributed by atoms with Crippen LogP contribution in [0.5, 0.6) is 0 Å². The Morgan fingerprint density at radius 3 is 2.45 bits per heavy atom. The normalized spacial score (nSPS) is 44.0. The van der Waals surface area contributed by atoms with E-state index in [1.54, 1.807) is 6.07 Å². The van der Waals surface area contributed by atoms with Gasteiger partial charge in [0.2, 0.25) is 11.4 Å². The van der Waals surface area contributed by atoms with E-state index in [9.17, 15) is 9.90 Å². The van der Waals surface area contributed by atoms with Crippen molar-refractivity contribution in [2.24, 2.45) is 0 Å². The van der Waals surface area contributed by atoms with Crippen LogP contribution in [0.3, 0.4) is 0 Å². The lowest BCUT2D eigenvalue weighted by atomic mass is 9.95. The van der Waals surface area contributed by atoms with E-state index in [2.05, 4.69) is 0 Å². The van der Waals surface area contributed by atoms with E-state index in [4.69, 9.17) is 10.00 Å². The third-order valence-corrected chi connectivity index (χ3v) is 1.91. The molecule has 1 aliphatic heterocycles. The lowest BCUT2D eigenvalue weighted by Gasteiger charge is -2.13. The van der Waals surface area contributed by atoms with Crippen LogP contribution in [0, 0.1) is 11.3 Å². The van der Waals surface area contributed by atoms with Gasteiger partial charge in [0, 0.05) is 0 Å². The Hall–Kier alpha value is -0.920. The first-order valence-corrected chi connectivity index (χ1v) is 3.35. The SMILES string of the molecule is CC1OC(C)C(O)(C#N)C1=O. The summed E-state index contributed by atoms with van der Waals surface area (Å²) in [5.41, 5.74) is -1.93. The predicted octanol–water partition coefficient (Wildman–Crippen LogP) is -0.383. The summed E-state index contributed by atoms with van der Waals surface area (Å²) in [6, 6.07) is 1.55. The summed E-state index contributed by atoms with van der Waals surface area (Å²) in [5, 5.41) is 17.9. The monoisotopic (exact) mass is 155 g/mol. The molecule has 1 heterocycles. The zero-order chi connectivity index (χ0) is 8.65. The Bertz CT molecular complexity index is 232. The molecule has 1 aliphatic rings. The Balaban J connectivity index is 2.99. The van der Waals surface area contributed by atoms with Crippen molar-refractivity contribution in [2.45, 2.75) is 31.7 Å². The highest BCUT2D eigenvalue weighted by atomic mass is 16.5. The molecular formula is C7H9NO3. The van der Waals surface area contributed by atoms with Crippen LogP contribution in [-0.4, -0.2) is 28.7 Å². The first-order valence-electron chi connectivity index (χ1n) is 3.35. The molecule has 0 radical (unpaired) electrons. The van der Waals surface area contributed by atoms with E-state index >= 15 is 0 Å². The molecule has 0 spiro atoms. The Morgan fingerprint density at radius 2 is 2.27 bits per heavy atom. The fraction of sp³-hybridized carbons (Fsp3) is 0.714. The zero-order valence-corrected chi connectivity index (χ0v) is 6.37. The van der Waals surface area contributed by atoms with Crippen molar-refractivity contribution in [3.63, 3.8) is 0 Å². The van der Waals surface area contributed by atoms with E-state index in [-0.39, 0.29) is 0 Å². The van der Waals surface area contributed by atoms with E-state index in [1.165, 1.54) is 13.8 Å². The van der Waals surface area contributed by atoms with Gasteiger partial charge in [-0.25, -0.2) is 0 Å². The van der Waals surface area contributed by atoms with E-state index in [0.29, 0.717) is 0 Å². The van der Waals surface area contributed by atoms with Gasteiger partial charge in [0.1, 0.15) is 18.3 Å². The molecule has 0 aromatic heterocycles. The maximum absolute atomic E-state index is 11.1. The lowest BCUT2D eigenvalue weighted by Crippen LogP contribution is -2.41. The van der Waals surface area contributed by atoms with Gasteiger partial charge in [-0.3, -0.25) is 4.79 Å². The molecule has 11 heavy (non-hydrogen) atoms. The number of carbonyl (C=O) groups is 1. The Kier molecular flexibility index (Phi) is 1.70. The van der Waals surface area contributed by atoms with E-state index in [0.717, 1.165) is 0 Å². The van der Waals surface area contributed by atoms with Crippen molar-refractivity contribution in [1.29, 1.82) is 5.26 Å². The number of carbonyl (C=O) groups excluding carboxylic acids is 1. The number of nitrogens with zero attached hydrogens (tertiary/aromatic N) is 1. The number of ketones is 1. The van der Waals surface area contributed by atoms with E-state index in [1.807, 2.05) is 0 Å². The van der Waals surface area contributed by atoms with Gasteiger partial charge in [0.15, 0.2) is 0 Å². The quantitative estimate of drug-likeness (QED) is 0.484. The summed E-state index contributed by atoms with van der Waals surface area (Å²) in [6.45, 7) is 3.03. The molecule has 1 saturated heterocycles.